The Bertz CT molecular complexity index is 1590. The van der Waals surface area contributed by atoms with Crippen molar-refractivity contribution in [2.45, 2.75) is 72.1 Å². The van der Waals surface area contributed by atoms with Gasteiger partial charge in [-0.15, -0.1) is 0 Å². The van der Waals surface area contributed by atoms with Gasteiger partial charge in [-0.25, -0.2) is 4.98 Å². The molecule has 1 aliphatic rings. The third-order valence-corrected chi connectivity index (χ3v) is 7.88. The molecule has 0 bridgehead atoms. The number of nitrogens with zero attached hydrogens (tertiary/aromatic N) is 3. The number of fused-ring (bicyclic) bond motifs is 2. The molecule has 1 aliphatic carbocycles. The summed E-state index contributed by atoms with van der Waals surface area (Å²) >= 11 is 0. The molecule has 0 radical (unpaired) electrons. The number of nitrogens with one attached hydrogen (secondary N) is 2. The van der Waals surface area contributed by atoms with Crippen LogP contribution in [-0.2, 0) is 17.9 Å². The van der Waals surface area contributed by atoms with E-state index in [0.29, 0.717) is 17.3 Å². The van der Waals surface area contributed by atoms with Crippen molar-refractivity contribution in [3.63, 3.8) is 0 Å². The standard InChI is InChI=1S/C30H37N5O4/c1-16-15-21(31-27-23(16)18(3)34-35(27)8)32-33-28(36)20-10-11-22(38-20)39-25-17(2)14-19-24(26(25)37-9)30(6,7)13-12-29(19,4)5/h10-11,14-15H,12-13H2,1-9H3,(H,31,32)(H,33,36). The smallest absolute Gasteiger partial charge is 0.305 e. The van der Waals surface area contributed by atoms with Crippen molar-refractivity contribution in [1.82, 2.24) is 20.2 Å². The summed E-state index contributed by atoms with van der Waals surface area (Å²) < 4.78 is 19.7. The second kappa shape index (κ2) is 9.32. The minimum absolute atomic E-state index is 0.0395. The normalized spacial score (nSPS) is 15.6. The largest absolute Gasteiger partial charge is 0.493 e. The highest BCUT2D eigenvalue weighted by Crippen LogP contribution is 2.53. The van der Waals surface area contributed by atoms with Gasteiger partial charge in [0.2, 0.25) is 0 Å². The Morgan fingerprint density at radius 1 is 1.03 bits per heavy atom. The molecule has 0 saturated heterocycles. The van der Waals surface area contributed by atoms with Crippen LogP contribution in [0.3, 0.4) is 0 Å². The van der Waals surface area contributed by atoms with Gasteiger partial charge in [-0.3, -0.25) is 20.3 Å². The average Bonchev–Trinajstić information content (AvgIpc) is 3.45. The van der Waals surface area contributed by atoms with Crippen LogP contribution in [0, 0.1) is 20.8 Å². The Kier molecular flexibility index (Phi) is 6.36. The molecule has 9 heteroatoms. The van der Waals surface area contributed by atoms with E-state index in [-0.39, 0.29) is 22.5 Å². The second-order valence-corrected chi connectivity index (χ2v) is 11.8. The summed E-state index contributed by atoms with van der Waals surface area (Å²) in [6.45, 7) is 15.0. The van der Waals surface area contributed by atoms with E-state index in [4.69, 9.17) is 13.9 Å². The molecule has 5 rings (SSSR count). The molecule has 1 aromatic carbocycles. The summed E-state index contributed by atoms with van der Waals surface area (Å²) in [5.41, 5.74) is 11.6. The Hall–Kier alpha value is -4.01. The Labute approximate surface area is 228 Å². The lowest BCUT2D eigenvalue weighted by atomic mass is 9.62. The molecule has 0 unspecified atom stereocenters. The lowest BCUT2D eigenvalue weighted by molar-refractivity contribution is 0.0930. The maximum absolute atomic E-state index is 12.8. The first-order valence-electron chi connectivity index (χ1n) is 13.2. The maximum atomic E-state index is 12.8. The molecule has 1 amide bonds. The van der Waals surface area contributed by atoms with Crippen LogP contribution in [0.15, 0.2) is 28.7 Å². The number of carbonyl (C=O) groups is 1. The zero-order valence-electron chi connectivity index (χ0n) is 24.2. The number of aromatic nitrogens is 3. The van der Waals surface area contributed by atoms with Crippen LogP contribution in [0.2, 0.25) is 0 Å². The van der Waals surface area contributed by atoms with Gasteiger partial charge in [0.15, 0.2) is 22.9 Å². The molecule has 39 heavy (non-hydrogen) atoms. The van der Waals surface area contributed by atoms with Crippen LogP contribution >= 0.6 is 0 Å². The first kappa shape index (κ1) is 26.6. The minimum Gasteiger partial charge on any atom is -0.493 e. The average molecular weight is 532 g/mol. The molecule has 2 N–H and O–H groups in total. The van der Waals surface area contributed by atoms with Crippen LogP contribution in [-0.4, -0.2) is 27.8 Å². The van der Waals surface area contributed by atoms with E-state index in [9.17, 15) is 4.79 Å². The van der Waals surface area contributed by atoms with Crippen LogP contribution in [0.1, 0.15) is 79.0 Å². The van der Waals surface area contributed by atoms with Gasteiger partial charge in [0.1, 0.15) is 5.82 Å². The molecule has 0 saturated carbocycles. The molecule has 3 aromatic heterocycles. The van der Waals surface area contributed by atoms with Gasteiger partial charge in [0.25, 0.3) is 5.95 Å². The number of carbonyl (C=O) groups excluding carboxylic acids is 1. The molecular weight excluding hydrogens is 494 g/mol. The summed E-state index contributed by atoms with van der Waals surface area (Å²) in [7, 11) is 3.52. The predicted molar refractivity (Wildman–Crippen MR) is 151 cm³/mol. The van der Waals surface area contributed by atoms with Crippen LogP contribution in [0.25, 0.3) is 11.0 Å². The number of rotatable bonds is 6. The molecule has 0 atom stereocenters. The number of methoxy groups -OCH3 is 1. The lowest BCUT2D eigenvalue weighted by Crippen LogP contribution is -2.34. The highest BCUT2D eigenvalue weighted by molar-refractivity contribution is 5.92. The van der Waals surface area contributed by atoms with Gasteiger partial charge in [-0.1, -0.05) is 33.8 Å². The summed E-state index contributed by atoms with van der Waals surface area (Å²) in [6.07, 6.45) is 2.15. The monoisotopic (exact) mass is 531 g/mol. The van der Waals surface area contributed by atoms with Crippen molar-refractivity contribution in [2.75, 3.05) is 12.5 Å². The van der Waals surface area contributed by atoms with Crippen molar-refractivity contribution < 1.29 is 18.7 Å². The molecule has 4 aromatic rings. The topological polar surface area (TPSA) is 103 Å². The van der Waals surface area contributed by atoms with Crippen LogP contribution in [0.4, 0.5) is 5.82 Å². The van der Waals surface area contributed by atoms with Crippen molar-refractivity contribution >= 4 is 22.8 Å². The molecule has 0 aliphatic heterocycles. The van der Waals surface area contributed by atoms with E-state index in [1.807, 2.05) is 33.9 Å². The van der Waals surface area contributed by atoms with E-state index >= 15 is 0 Å². The number of pyridine rings is 1. The number of hydrazine groups is 1. The fourth-order valence-corrected chi connectivity index (χ4v) is 5.68. The zero-order chi connectivity index (χ0) is 28.3. The molecular formula is C30H37N5O4. The molecule has 0 spiro atoms. The number of hydrogen-bond acceptors (Lipinski definition) is 7. The molecule has 0 fully saturated rings. The fraction of sp³-hybridized carbons (Fsp3) is 0.433. The second-order valence-electron chi connectivity index (χ2n) is 11.8. The molecule has 206 valence electrons. The first-order chi connectivity index (χ1) is 18.3. The lowest BCUT2D eigenvalue weighted by Gasteiger charge is -2.43. The van der Waals surface area contributed by atoms with Crippen LogP contribution < -0.4 is 20.3 Å². The summed E-state index contributed by atoms with van der Waals surface area (Å²) in [5.74, 6) is 1.66. The minimum atomic E-state index is -0.456. The van der Waals surface area contributed by atoms with Crippen molar-refractivity contribution in [3.05, 3.63) is 58.0 Å². The molecule has 9 nitrogen and oxygen atoms in total. The Balaban J connectivity index is 1.37. The van der Waals surface area contributed by atoms with Crippen molar-refractivity contribution in [2.24, 2.45) is 7.05 Å². The van der Waals surface area contributed by atoms with Gasteiger partial charge in [0.05, 0.1) is 12.8 Å². The highest BCUT2D eigenvalue weighted by atomic mass is 16.6. The molecule has 3 heterocycles. The summed E-state index contributed by atoms with van der Waals surface area (Å²) in [5, 5.41) is 5.43. The van der Waals surface area contributed by atoms with Gasteiger partial charge in [0, 0.05) is 24.1 Å². The number of ether oxygens (including phenoxy) is 2. The third kappa shape index (κ3) is 4.60. The summed E-state index contributed by atoms with van der Waals surface area (Å²) in [4.78, 5) is 17.4. The first-order valence-corrected chi connectivity index (χ1v) is 13.2. The van der Waals surface area contributed by atoms with Gasteiger partial charge >= 0.3 is 5.91 Å². The zero-order valence-corrected chi connectivity index (χ0v) is 24.2. The van der Waals surface area contributed by atoms with E-state index in [1.54, 1.807) is 23.9 Å². The van der Waals surface area contributed by atoms with E-state index in [0.717, 1.165) is 40.7 Å². The number of benzene rings is 1. The number of aryl methyl sites for hydroxylation is 4. The number of hydrogen-bond donors (Lipinski definition) is 2. The van der Waals surface area contributed by atoms with Crippen LogP contribution in [0.5, 0.6) is 17.4 Å². The van der Waals surface area contributed by atoms with Crippen molar-refractivity contribution in [1.29, 1.82) is 0 Å². The quantitative estimate of drug-likeness (QED) is 0.278. The van der Waals surface area contributed by atoms with Gasteiger partial charge in [-0.2, -0.15) is 5.10 Å². The van der Waals surface area contributed by atoms with E-state index < -0.39 is 5.91 Å². The highest BCUT2D eigenvalue weighted by Gasteiger charge is 2.41. The van der Waals surface area contributed by atoms with Gasteiger partial charge in [-0.05, 0) is 73.3 Å². The summed E-state index contributed by atoms with van der Waals surface area (Å²) in [6, 6.07) is 7.27. The Morgan fingerprint density at radius 3 is 2.46 bits per heavy atom. The van der Waals surface area contributed by atoms with Crippen molar-refractivity contribution in [3.8, 4) is 17.4 Å². The van der Waals surface area contributed by atoms with E-state index in [1.165, 1.54) is 11.1 Å². The number of anilines is 1. The fourth-order valence-electron chi connectivity index (χ4n) is 5.68. The van der Waals surface area contributed by atoms with E-state index in [2.05, 4.69) is 54.7 Å². The SMILES string of the molecule is COc1c(Oc2ccc(C(=O)NNc3cc(C)c4c(C)nn(C)c4n3)o2)c(C)cc2c1C(C)(C)CCC2(C)C. The number of furan rings is 1. The van der Waals surface area contributed by atoms with Gasteiger partial charge < -0.3 is 13.9 Å². The number of amides is 1. The predicted octanol–water partition coefficient (Wildman–Crippen LogP) is 6.39. The third-order valence-electron chi connectivity index (χ3n) is 7.88. The maximum Gasteiger partial charge on any atom is 0.305 e. The Morgan fingerprint density at radius 2 is 1.74 bits per heavy atom.